The third-order valence-electron chi connectivity index (χ3n) is 0. The van der Waals surface area contributed by atoms with E-state index in [9.17, 15) is 0 Å². The summed E-state index contributed by atoms with van der Waals surface area (Å²) in [7, 11) is 0. The summed E-state index contributed by atoms with van der Waals surface area (Å²) in [6, 6.07) is 0. The minimum absolute atomic E-state index is 0. The van der Waals surface area contributed by atoms with E-state index in [1.54, 1.807) is 0 Å². The third kappa shape index (κ3) is 17100. The zero-order chi connectivity index (χ0) is 10.7. The first-order valence-electron chi connectivity index (χ1n) is 1.84. The zero-order valence-electron chi connectivity index (χ0n) is 6.21. The molecule has 0 unspecified atom stereocenters. The Balaban J connectivity index is -0.0000000270. The zero-order valence-corrected chi connectivity index (χ0v) is 10.8. The molecule has 0 atom stereocenters. The van der Waals surface area contributed by atoms with Crippen molar-refractivity contribution in [2.24, 2.45) is 0 Å². The average molecular weight is 412 g/mol. The predicted molar refractivity (Wildman–Crippen MR) is 21.9 cm³/mol. The summed E-state index contributed by atoms with van der Waals surface area (Å²) >= 11 is 0. The molecule has 1 radical (unpaired) electrons. The van der Waals surface area contributed by atoms with Gasteiger partial charge in [0.25, 0.3) is 0 Å². The van der Waals surface area contributed by atoms with E-state index in [2.05, 4.69) is 0 Å². The summed E-state index contributed by atoms with van der Waals surface area (Å²) < 4.78 is 0. The quantitative estimate of drug-likeness (QED) is 0.348. The van der Waals surface area contributed by atoms with Crippen LogP contribution >= 0.6 is 0 Å². The van der Waals surface area contributed by atoms with Crippen LogP contribution in [0.5, 0.6) is 0 Å². The van der Waals surface area contributed by atoms with Crippen molar-refractivity contribution in [2.75, 3.05) is 0 Å². The van der Waals surface area contributed by atoms with Crippen LogP contribution in [0.1, 0.15) is 0 Å². The molecule has 0 heterocycles. The fourth-order valence-corrected chi connectivity index (χ4v) is 0. The average Bonchev–Trinajstić information content (AvgIpc) is 1.54. The number of rotatable bonds is 0. The van der Waals surface area contributed by atoms with Gasteiger partial charge in [-0.15, -0.1) is 0 Å². The Kier molecular flexibility index (Phi) is 47.9. The number of carbonyl (C=O) groups is 3. The van der Waals surface area contributed by atoms with E-state index >= 15 is 0 Å². The van der Waals surface area contributed by atoms with E-state index in [-0.39, 0.29) is 57.8 Å². The van der Waals surface area contributed by atoms with Crippen LogP contribution in [0.2, 0.25) is 0 Å². The summed E-state index contributed by atoms with van der Waals surface area (Å²) in [5, 5.41) is 50.0. The van der Waals surface area contributed by atoms with Gasteiger partial charge in [0.05, 0.1) is 0 Å². The number of hydrogen-bond acceptors (Lipinski definition) is 9. The van der Waals surface area contributed by atoms with Gasteiger partial charge in [-0.1, -0.05) is 0 Å². The smallest absolute Gasteiger partial charge is 0.652 e. The van der Waals surface area contributed by atoms with Crippen LogP contribution in [-0.4, -0.2) is 56.2 Å². The molecule has 0 saturated heterocycles. The first-order valence-corrected chi connectivity index (χ1v) is 1.84. The van der Waals surface area contributed by atoms with Crippen LogP contribution < -0.4 is 30.6 Å². The molecule has 0 spiro atoms. The Morgan fingerprint density at radius 3 is 0.571 bits per heavy atom. The van der Waals surface area contributed by atoms with Crippen molar-refractivity contribution in [1.82, 2.24) is 0 Å². The molecular weight excluding hydrogens is 412 g/mol. The van der Waals surface area contributed by atoms with Gasteiger partial charge in [0.2, 0.25) is 0 Å². The molecule has 0 bridgehead atoms. The summed E-state index contributed by atoms with van der Waals surface area (Å²) in [5.41, 5.74) is 0. The van der Waals surface area contributed by atoms with E-state index in [1.165, 1.54) is 0 Å². The standard InChI is InChI=1S/3CH2O3.Ca.Ir/c3*2-1(3)4;;/h3*(H2,2,3,4);;/q;;;+2;/p-6. The summed E-state index contributed by atoms with van der Waals surface area (Å²) in [5.74, 6) is 0. The van der Waals surface area contributed by atoms with Crippen LogP contribution in [0, 0.1) is 0 Å². The largest absolute Gasteiger partial charge is 2.00 e. The van der Waals surface area contributed by atoms with Crippen molar-refractivity contribution in [3.05, 3.63) is 0 Å². The van der Waals surface area contributed by atoms with Crippen molar-refractivity contribution in [2.45, 2.75) is 0 Å². The van der Waals surface area contributed by atoms with Gasteiger partial charge in [0.1, 0.15) is 0 Å². The first-order chi connectivity index (χ1) is 5.20. The molecule has 0 aromatic rings. The maximum Gasteiger partial charge on any atom is 2.00 e. The van der Waals surface area contributed by atoms with E-state index in [1.807, 2.05) is 0 Å². The van der Waals surface area contributed by atoms with E-state index in [0.717, 1.165) is 0 Å². The minimum atomic E-state index is -2.33. The van der Waals surface area contributed by atoms with Crippen molar-refractivity contribution >= 4 is 56.2 Å². The second kappa shape index (κ2) is 23.0. The molecule has 0 aliphatic heterocycles. The van der Waals surface area contributed by atoms with Crippen LogP contribution in [0.15, 0.2) is 0 Å². The second-order valence-electron chi connectivity index (χ2n) is 0.750. The molecular formula is C3CaIrO9-4. The van der Waals surface area contributed by atoms with Crippen molar-refractivity contribution < 1.29 is 65.1 Å². The third-order valence-corrected chi connectivity index (χ3v) is 0. The van der Waals surface area contributed by atoms with Crippen molar-refractivity contribution in [1.29, 1.82) is 0 Å². The number of carboxylic acid groups (broad SMARTS) is 6. The van der Waals surface area contributed by atoms with Gasteiger partial charge in [0.15, 0.2) is 0 Å². The topological polar surface area (TPSA) is 190 Å². The molecule has 9 nitrogen and oxygen atoms in total. The molecule has 0 saturated carbocycles. The molecule has 0 aliphatic rings. The molecule has 14 heavy (non-hydrogen) atoms. The molecule has 11 heteroatoms. The van der Waals surface area contributed by atoms with Crippen LogP contribution in [0.4, 0.5) is 14.4 Å². The van der Waals surface area contributed by atoms with Crippen LogP contribution in [0.25, 0.3) is 0 Å². The van der Waals surface area contributed by atoms with Gasteiger partial charge in [-0.3, -0.25) is 0 Å². The summed E-state index contributed by atoms with van der Waals surface area (Å²) in [4.78, 5) is 25.0. The van der Waals surface area contributed by atoms with Gasteiger partial charge >= 0.3 is 37.7 Å². The fourth-order valence-electron chi connectivity index (χ4n) is 0. The number of carbonyl (C=O) groups excluding carboxylic acids is 3. The maximum atomic E-state index is 8.33. The van der Waals surface area contributed by atoms with Gasteiger partial charge in [0, 0.05) is 20.1 Å². The molecule has 0 N–H and O–H groups in total. The summed E-state index contributed by atoms with van der Waals surface area (Å²) in [6.45, 7) is 0. The van der Waals surface area contributed by atoms with E-state index in [4.69, 9.17) is 45.0 Å². The van der Waals surface area contributed by atoms with Crippen LogP contribution in [-0.2, 0) is 20.1 Å². The van der Waals surface area contributed by atoms with Crippen molar-refractivity contribution in [3.8, 4) is 0 Å². The van der Waals surface area contributed by atoms with Gasteiger partial charge in [-0.2, -0.15) is 0 Å². The predicted octanol–water partition coefficient (Wildman–Crippen LogP) is -7.72. The van der Waals surface area contributed by atoms with Gasteiger partial charge in [-0.05, 0) is 18.5 Å². The molecule has 0 aromatic carbocycles. The molecule has 0 aromatic heterocycles. The number of hydrogen-bond donors (Lipinski definition) is 0. The molecule has 81 valence electrons. The second-order valence-corrected chi connectivity index (χ2v) is 0.750. The summed E-state index contributed by atoms with van der Waals surface area (Å²) in [6.07, 6.45) is -7.00. The van der Waals surface area contributed by atoms with Crippen molar-refractivity contribution in [3.63, 3.8) is 0 Å². The minimum Gasteiger partial charge on any atom is -0.652 e. The Hall–Kier alpha value is -0.281. The molecule has 0 aliphatic carbocycles. The van der Waals surface area contributed by atoms with Crippen LogP contribution in [0.3, 0.4) is 0 Å². The first kappa shape index (κ1) is 29.2. The molecule has 0 amide bonds. The van der Waals surface area contributed by atoms with E-state index in [0.29, 0.717) is 0 Å². The van der Waals surface area contributed by atoms with Gasteiger partial charge < -0.3 is 45.0 Å². The Bertz CT molecular complexity index is 118. The Labute approximate surface area is 120 Å². The maximum absolute atomic E-state index is 8.33. The normalized spacial score (nSPS) is 5.14. The van der Waals surface area contributed by atoms with E-state index < -0.39 is 18.5 Å². The molecule has 0 rings (SSSR count). The monoisotopic (exact) mass is 413 g/mol. The Morgan fingerprint density at radius 1 is 0.571 bits per heavy atom. The Morgan fingerprint density at radius 2 is 0.571 bits per heavy atom. The molecule has 0 fully saturated rings. The SMILES string of the molecule is O=C([O-])[O-].O=C([O-])[O-].O=C([O-])[O-].[Ca+2].[Ir]. The van der Waals surface area contributed by atoms with Gasteiger partial charge in [-0.25, -0.2) is 0 Å². The fraction of sp³-hybridized carbons (Fsp3) is 0.